The third-order valence-electron chi connectivity index (χ3n) is 2.26. The second-order valence-corrected chi connectivity index (χ2v) is 5.07. The number of hydrogen-bond donors (Lipinski definition) is 1. The topological polar surface area (TPSA) is 20.2 Å². The highest BCUT2D eigenvalue weighted by Gasteiger charge is 2.03. The molecule has 0 unspecified atom stereocenters. The van der Waals surface area contributed by atoms with Crippen LogP contribution in [0.15, 0.2) is 40.9 Å². The Balaban J connectivity index is 2.57. The fourth-order valence-electron chi connectivity index (χ4n) is 1.64. The molecule has 2 aromatic carbocycles. The van der Waals surface area contributed by atoms with E-state index in [2.05, 4.69) is 15.9 Å². The zero-order valence-corrected chi connectivity index (χ0v) is 11.0. The molecule has 3 heteroatoms. The first-order valence-corrected chi connectivity index (χ1v) is 5.99. The Morgan fingerprint density at radius 2 is 1.69 bits per heavy atom. The highest BCUT2D eigenvalue weighted by Crippen LogP contribution is 2.30. The fraction of sp³-hybridized carbons (Fsp3) is 0.0769. The largest absolute Gasteiger partial charge is 0.508 e. The minimum absolute atomic E-state index is 0.238. The van der Waals surface area contributed by atoms with Gasteiger partial charge in [-0.25, -0.2) is 0 Å². The SMILES string of the molecule is Cc1cc(Cl)cc(-c2cc(O)cc(Br)c2)c1. The van der Waals surface area contributed by atoms with E-state index in [1.165, 1.54) is 0 Å². The maximum Gasteiger partial charge on any atom is 0.117 e. The van der Waals surface area contributed by atoms with Crippen molar-refractivity contribution in [1.29, 1.82) is 0 Å². The van der Waals surface area contributed by atoms with Crippen LogP contribution in [0.3, 0.4) is 0 Å². The van der Waals surface area contributed by atoms with Crippen LogP contribution in [0.4, 0.5) is 0 Å². The van der Waals surface area contributed by atoms with Crippen molar-refractivity contribution in [1.82, 2.24) is 0 Å². The number of aromatic hydroxyl groups is 1. The molecular weight excluding hydrogens is 287 g/mol. The number of hydrogen-bond acceptors (Lipinski definition) is 1. The van der Waals surface area contributed by atoms with E-state index < -0.39 is 0 Å². The van der Waals surface area contributed by atoms with Gasteiger partial charge in [0.25, 0.3) is 0 Å². The van der Waals surface area contributed by atoms with Crippen LogP contribution in [-0.4, -0.2) is 5.11 Å². The Morgan fingerprint density at radius 3 is 2.31 bits per heavy atom. The summed E-state index contributed by atoms with van der Waals surface area (Å²) in [6.45, 7) is 1.99. The lowest BCUT2D eigenvalue weighted by Gasteiger charge is -2.06. The maximum absolute atomic E-state index is 9.53. The van der Waals surface area contributed by atoms with Gasteiger partial charge >= 0.3 is 0 Å². The summed E-state index contributed by atoms with van der Waals surface area (Å²) >= 11 is 9.36. The summed E-state index contributed by atoms with van der Waals surface area (Å²) in [5.74, 6) is 0.238. The van der Waals surface area contributed by atoms with Crippen molar-refractivity contribution in [3.05, 3.63) is 51.5 Å². The van der Waals surface area contributed by atoms with Gasteiger partial charge in [-0.3, -0.25) is 0 Å². The standard InChI is InChI=1S/C13H10BrClO/c1-8-2-9(5-12(15)3-8)10-4-11(14)7-13(16)6-10/h2-7,16H,1H3. The van der Waals surface area contributed by atoms with Gasteiger partial charge < -0.3 is 5.11 Å². The molecule has 0 aliphatic carbocycles. The second kappa shape index (κ2) is 4.48. The number of phenolic OH excluding ortho intramolecular Hbond substituents is 1. The zero-order chi connectivity index (χ0) is 11.7. The molecule has 0 heterocycles. The summed E-state index contributed by atoms with van der Waals surface area (Å²) < 4.78 is 0.847. The van der Waals surface area contributed by atoms with E-state index in [0.717, 1.165) is 21.2 Å². The van der Waals surface area contributed by atoms with Gasteiger partial charge in [0.2, 0.25) is 0 Å². The van der Waals surface area contributed by atoms with Crippen molar-refractivity contribution < 1.29 is 5.11 Å². The van der Waals surface area contributed by atoms with Crippen LogP contribution in [0.2, 0.25) is 5.02 Å². The smallest absolute Gasteiger partial charge is 0.117 e. The molecule has 0 aliphatic heterocycles. The van der Waals surface area contributed by atoms with Crippen LogP contribution in [0.25, 0.3) is 11.1 Å². The summed E-state index contributed by atoms with van der Waals surface area (Å²) in [7, 11) is 0. The van der Waals surface area contributed by atoms with Gasteiger partial charge in [-0.1, -0.05) is 33.6 Å². The first-order valence-electron chi connectivity index (χ1n) is 4.82. The molecule has 0 saturated heterocycles. The lowest BCUT2D eigenvalue weighted by Crippen LogP contribution is -1.81. The highest BCUT2D eigenvalue weighted by atomic mass is 79.9. The van der Waals surface area contributed by atoms with E-state index in [1.807, 2.05) is 31.2 Å². The van der Waals surface area contributed by atoms with Crippen molar-refractivity contribution in [2.75, 3.05) is 0 Å². The molecule has 16 heavy (non-hydrogen) atoms. The summed E-state index contributed by atoms with van der Waals surface area (Å²) in [6, 6.07) is 11.1. The third kappa shape index (κ3) is 2.57. The first-order chi connectivity index (χ1) is 7.54. The van der Waals surface area contributed by atoms with E-state index >= 15 is 0 Å². The molecule has 1 N–H and O–H groups in total. The van der Waals surface area contributed by atoms with Crippen LogP contribution in [0.1, 0.15) is 5.56 Å². The number of phenols is 1. The van der Waals surface area contributed by atoms with Crippen molar-refractivity contribution in [3.8, 4) is 16.9 Å². The molecule has 0 amide bonds. The molecule has 0 aromatic heterocycles. The first kappa shape index (κ1) is 11.5. The lowest BCUT2D eigenvalue weighted by molar-refractivity contribution is 0.475. The highest BCUT2D eigenvalue weighted by molar-refractivity contribution is 9.10. The van der Waals surface area contributed by atoms with Crippen LogP contribution >= 0.6 is 27.5 Å². The van der Waals surface area contributed by atoms with E-state index in [4.69, 9.17) is 11.6 Å². The van der Waals surface area contributed by atoms with Crippen LogP contribution < -0.4 is 0 Å². The second-order valence-electron chi connectivity index (χ2n) is 3.72. The molecule has 82 valence electrons. The molecule has 0 bridgehead atoms. The quantitative estimate of drug-likeness (QED) is 0.803. The lowest BCUT2D eigenvalue weighted by atomic mass is 10.0. The van der Waals surface area contributed by atoms with Gasteiger partial charge in [-0.15, -0.1) is 0 Å². The van der Waals surface area contributed by atoms with E-state index in [1.54, 1.807) is 12.1 Å². The molecule has 0 radical (unpaired) electrons. The van der Waals surface area contributed by atoms with Crippen molar-refractivity contribution in [2.45, 2.75) is 6.92 Å². The van der Waals surface area contributed by atoms with Crippen molar-refractivity contribution in [2.24, 2.45) is 0 Å². The van der Waals surface area contributed by atoms with Gasteiger partial charge in [-0.05, 0) is 53.9 Å². The van der Waals surface area contributed by atoms with Crippen LogP contribution in [0.5, 0.6) is 5.75 Å². The Kier molecular flexibility index (Phi) is 3.22. The van der Waals surface area contributed by atoms with E-state index in [-0.39, 0.29) is 5.75 Å². The summed E-state index contributed by atoms with van der Waals surface area (Å²) in [4.78, 5) is 0. The average Bonchev–Trinajstić information content (AvgIpc) is 2.14. The Bertz CT molecular complexity index is 447. The monoisotopic (exact) mass is 296 g/mol. The average molecular weight is 298 g/mol. The molecule has 0 saturated carbocycles. The van der Waals surface area contributed by atoms with Gasteiger partial charge in [-0.2, -0.15) is 0 Å². The van der Waals surface area contributed by atoms with Gasteiger partial charge in [0.1, 0.15) is 5.75 Å². The number of rotatable bonds is 1. The molecule has 0 aliphatic rings. The van der Waals surface area contributed by atoms with Gasteiger partial charge in [0.15, 0.2) is 0 Å². The van der Waals surface area contributed by atoms with Gasteiger partial charge in [0.05, 0.1) is 0 Å². The molecule has 0 fully saturated rings. The molecular formula is C13H10BrClO. The molecule has 1 nitrogen and oxygen atoms in total. The minimum Gasteiger partial charge on any atom is -0.508 e. The van der Waals surface area contributed by atoms with E-state index in [0.29, 0.717) is 5.02 Å². The normalized spacial score (nSPS) is 10.4. The Hall–Kier alpha value is -0.990. The molecule has 0 atom stereocenters. The predicted octanol–water partition coefficient (Wildman–Crippen LogP) is 4.78. The predicted molar refractivity (Wildman–Crippen MR) is 71.0 cm³/mol. The summed E-state index contributed by atoms with van der Waals surface area (Å²) in [6.07, 6.45) is 0. The maximum atomic E-state index is 9.53. The molecule has 0 spiro atoms. The fourth-order valence-corrected chi connectivity index (χ4v) is 2.41. The van der Waals surface area contributed by atoms with Crippen LogP contribution in [-0.2, 0) is 0 Å². The Labute approximate surface area is 108 Å². The summed E-state index contributed by atoms with van der Waals surface area (Å²) in [5.41, 5.74) is 3.04. The van der Waals surface area contributed by atoms with E-state index in [9.17, 15) is 5.11 Å². The summed E-state index contributed by atoms with van der Waals surface area (Å²) in [5, 5.41) is 10.2. The Morgan fingerprint density at radius 1 is 1.00 bits per heavy atom. The zero-order valence-electron chi connectivity index (χ0n) is 8.67. The van der Waals surface area contributed by atoms with Gasteiger partial charge in [0, 0.05) is 9.50 Å². The van der Waals surface area contributed by atoms with Crippen molar-refractivity contribution >= 4 is 27.5 Å². The number of aryl methyl sites for hydroxylation is 1. The van der Waals surface area contributed by atoms with Crippen LogP contribution in [0, 0.1) is 6.92 Å². The number of benzene rings is 2. The molecule has 2 aromatic rings. The molecule has 2 rings (SSSR count). The van der Waals surface area contributed by atoms with Crippen molar-refractivity contribution in [3.63, 3.8) is 0 Å². The third-order valence-corrected chi connectivity index (χ3v) is 2.93. The minimum atomic E-state index is 0.238. The number of halogens is 2.